The molecule has 2 aromatic heterocycles. The van der Waals surface area contributed by atoms with Gasteiger partial charge in [-0.05, 0) is 30.3 Å². The standard InChI is InChI=1S/C22H19N3O5S/c26-31(27,16-7-8-18-19(14-16)29-12-4-11-28-18)25-21(22-23-9-3-10-24-22)20-13-15-5-1-2-6-17(15)30-20/h1-3,5-10,13-14,21,25H,4,11-12H2/t21-/m1/s1. The average Bonchev–Trinajstić information content (AvgIpc) is 3.08. The van der Waals surface area contributed by atoms with E-state index in [1.807, 2.05) is 24.3 Å². The fraction of sp³-hybridized carbons (Fsp3) is 0.182. The molecule has 0 saturated carbocycles. The number of fused-ring (bicyclic) bond motifs is 2. The van der Waals surface area contributed by atoms with E-state index in [0.29, 0.717) is 36.1 Å². The average molecular weight is 437 g/mol. The van der Waals surface area contributed by atoms with Gasteiger partial charge in [0.15, 0.2) is 17.3 Å². The van der Waals surface area contributed by atoms with Gasteiger partial charge in [0.2, 0.25) is 10.0 Å². The number of nitrogens with one attached hydrogen (secondary N) is 1. The van der Waals surface area contributed by atoms with Gasteiger partial charge in [-0.3, -0.25) is 0 Å². The molecular weight excluding hydrogens is 418 g/mol. The van der Waals surface area contributed by atoms with E-state index >= 15 is 0 Å². The third-order valence-corrected chi connectivity index (χ3v) is 6.30. The molecule has 0 aliphatic carbocycles. The second-order valence-electron chi connectivity index (χ2n) is 7.01. The fourth-order valence-electron chi connectivity index (χ4n) is 3.38. The Kier molecular flexibility index (Phi) is 5.05. The van der Waals surface area contributed by atoms with Gasteiger partial charge in [-0.15, -0.1) is 0 Å². The summed E-state index contributed by atoms with van der Waals surface area (Å²) in [6.07, 6.45) is 3.84. The van der Waals surface area contributed by atoms with Crippen LogP contribution in [0.5, 0.6) is 11.5 Å². The first-order valence-electron chi connectivity index (χ1n) is 9.77. The Morgan fingerprint density at radius 1 is 0.903 bits per heavy atom. The lowest BCUT2D eigenvalue weighted by Crippen LogP contribution is -2.30. The van der Waals surface area contributed by atoms with E-state index in [1.54, 1.807) is 30.6 Å². The fourth-order valence-corrected chi connectivity index (χ4v) is 4.55. The zero-order valence-corrected chi connectivity index (χ0v) is 17.2. The number of para-hydroxylation sites is 1. The summed E-state index contributed by atoms with van der Waals surface area (Å²) < 4.78 is 46.4. The number of benzene rings is 2. The third kappa shape index (κ3) is 3.97. The second kappa shape index (κ2) is 8.01. The Morgan fingerprint density at radius 2 is 1.68 bits per heavy atom. The highest BCUT2D eigenvalue weighted by Crippen LogP contribution is 2.33. The lowest BCUT2D eigenvalue weighted by atomic mass is 10.2. The lowest BCUT2D eigenvalue weighted by molar-refractivity contribution is 0.297. The molecule has 4 aromatic rings. The highest BCUT2D eigenvalue weighted by Gasteiger charge is 2.28. The quantitative estimate of drug-likeness (QED) is 0.510. The molecule has 9 heteroatoms. The molecule has 3 heterocycles. The predicted octanol–water partition coefficient (Wildman–Crippen LogP) is 3.45. The number of sulfonamides is 1. The van der Waals surface area contributed by atoms with Crippen molar-refractivity contribution in [2.24, 2.45) is 0 Å². The Morgan fingerprint density at radius 3 is 2.48 bits per heavy atom. The molecular formula is C22H19N3O5S. The van der Waals surface area contributed by atoms with Crippen molar-refractivity contribution in [2.45, 2.75) is 17.4 Å². The minimum absolute atomic E-state index is 0.0498. The molecule has 1 atom stereocenters. The molecule has 0 saturated heterocycles. The maximum Gasteiger partial charge on any atom is 0.241 e. The molecule has 158 valence electrons. The van der Waals surface area contributed by atoms with Crippen molar-refractivity contribution in [3.63, 3.8) is 0 Å². The molecule has 0 radical (unpaired) electrons. The Labute approximate surface area is 178 Å². The first-order chi connectivity index (χ1) is 15.1. The van der Waals surface area contributed by atoms with Crippen LogP contribution in [0.1, 0.15) is 24.0 Å². The highest BCUT2D eigenvalue weighted by atomic mass is 32.2. The monoisotopic (exact) mass is 437 g/mol. The van der Waals surface area contributed by atoms with Gasteiger partial charge in [-0.1, -0.05) is 18.2 Å². The zero-order chi connectivity index (χ0) is 21.3. The van der Waals surface area contributed by atoms with Crippen molar-refractivity contribution in [1.29, 1.82) is 0 Å². The van der Waals surface area contributed by atoms with Crippen LogP contribution in [0, 0.1) is 0 Å². The van der Waals surface area contributed by atoms with Crippen LogP contribution in [-0.2, 0) is 10.0 Å². The van der Waals surface area contributed by atoms with Crippen molar-refractivity contribution < 1.29 is 22.3 Å². The van der Waals surface area contributed by atoms with Gasteiger partial charge in [0.1, 0.15) is 17.4 Å². The number of rotatable bonds is 5. The maximum absolute atomic E-state index is 13.3. The summed E-state index contributed by atoms with van der Waals surface area (Å²) >= 11 is 0. The predicted molar refractivity (Wildman–Crippen MR) is 112 cm³/mol. The number of aromatic nitrogens is 2. The molecule has 0 amide bonds. The molecule has 5 rings (SSSR count). The van der Waals surface area contributed by atoms with Gasteiger partial charge < -0.3 is 13.9 Å². The SMILES string of the molecule is O=S(=O)(N[C@@H](c1ncccn1)c1cc2ccccc2o1)c1ccc2c(c1)OCCCO2. The molecule has 0 fully saturated rings. The van der Waals surface area contributed by atoms with E-state index in [-0.39, 0.29) is 10.7 Å². The molecule has 1 aliphatic heterocycles. The van der Waals surface area contributed by atoms with Crippen molar-refractivity contribution in [2.75, 3.05) is 13.2 Å². The summed E-state index contributed by atoms with van der Waals surface area (Å²) in [4.78, 5) is 8.54. The van der Waals surface area contributed by atoms with Crippen molar-refractivity contribution in [1.82, 2.24) is 14.7 Å². The summed E-state index contributed by atoms with van der Waals surface area (Å²) in [5, 5.41) is 0.855. The molecule has 0 bridgehead atoms. The van der Waals surface area contributed by atoms with Crippen LogP contribution < -0.4 is 14.2 Å². The molecule has 1 aliphatic rings. The molecule has 0 unspecified atom stereocenters. The van der Waals surface area contributed by atoms with Crippen LogP contribution in [0.3, 0.4) is 0 Å². The Bertz CT molecular complexity index is 1290. The van der Waals surface area contributed by atoms with Gasteiger partial charge >= 0.3 is 0 Å². The topological polar surface area (TPSA) is 104 Å². The van der Waals surface area contributed by atoms with E-state index in [1.165, 1.54) is 12.1 Å². The number of hydrogen-bond donors (Lipinski definition) is 1. The smallest absolute Gasteiger partial charge is 0.241 e. The first-order valence-corrected chi connectivity index (χ1v) is 11.3. The summed E-state index contributed by atoms with van der Waals surface area (Å²) in [6.45, 7) is 0.986. The molecule has 2 aromatic carbocycles. The Hall–Kier alpha value is -3.43. The zero-order valence-electron chi connectivity index (χ0n) is 16.4. The van der Waals surface area contributed by atoms with E-state index in [2.05, 4.69) is 14.7 Å². The second-order valence-corrected chi connectivity index (χ2v) is 8.72. The minimum atomic E-state index is -3.96. The van der Waals surface area contributed by atoms with E-state index in [0.717, 1.165) is 11.8 Å². The van der Waals surface area contributed by atoms with Crippen LogP contribution in [0.2, 0.25) is 0 Å². The van der Waals surface area contributed by atoms with Gasteiger partial charge in [-0.2, -0.15) is 4.72 Å². The summed E-state index contributed by atoms with van der Waals surface area (Å²) in [7, 11) is -3.96. The first kappa shape index (κ1) is 19.5. The maximum atomic E-state index is 13.3. The molecule has 31 heavy (non-hydrogen) atoms. The van der Waals surface area contributed by atoms with Crippen molar-refractivity contribution >= 4 is 21.0 Å². The van der Waals surface area contributed by atoms with E-state index in [9.17, 15) is 8.42 Å². The molecule has 1 N–H and O–H groups in total. The van der Waals surface area contributed by atoms with E-state index in [4.69, 9.17) is 13.9 Å². The lowest BCUT2D eigenvalue weighted by Gasteiger charge is -2.16. The van der Waals surface area contributed by atoms with Crippen LogP contribution in [0.25, 0.3) is 11.0 Å². The third-order valence-electron chi connectivity index (χ3n) is 4.88. The van der Waals surface area contributed by atoms with Crippen molar-refractivity contribution in [3.05, 3.63) is 78.6 Å². The van der Waals surface area contributed by atoms with Crippen LogP contribution in [0.4, 0.5) is 0 Å². The van der Waals surface area contributed by atoms with Crippen LogP contribution in [0.15, 0.2) is 76.3 Å². The largest absolute Gasteiger partial charge is 0.490 e. The number of ether oxygens (including phenoxy) is 2. The number of nitrogens with zero attached hydrogens (tertiary/aromatic N) is 2. The van der Waals surface area contributed by atoms with Crippen LogP contribution >= 0.6 is 0 Å². The minimum Gasteiger partial charge on any atom is -0.490 e. The summed E-state index contributed by atoms with van der Waals surface area (Å²) in [6, 6.07) is 14.5. The Balaban J connectivity index is 1.54. The van der Waals surface area contributed by atoms with Gasteiger partial charge in [0.05, 0.1) is 18.1 Å². The van der Waals surface area contributed by atoms with E-state index < -0.39 is 16.1 Å². The number of hydrogen-bond acceptors (Lipinski definition) is 7. The van der Waals surface area contributed by atoms with Gasteiger partial charge in [0.25, 0.3) is 0 Å². The normalized spacial score (nSPS) is 14.8. The van der Waals surface area contributed by atoms with Gasteiger partial charge in [0, 0.05) is 30.3 Å². The molecule has 8 nitrogen and oxygen atoms in total. The highest BCUT2D eigenvalue weighted by molar-refractivity contribution is 7.89. The molecule has 0 spiro atoms. The van der Waals surface area contributed by atoms with Crippen molar-refractivity contribution in [3.8, 4) is 11.5 Å². The summed E-state index contributed by atoms with van der Waals surface area (Å²) in [5.74, 6) is 1.60. The summed E-state index contributed by atoms with van der Waals surface area (Å²) in [5.41, 5.74) is 0.646. The van der Waals surface area contributed by atoms with Crippen LogP contribution in [-0.4, -0.2) is 31.6 Å². The van der Waals surface area contributed by atoms with Gasteiger partial charge in [-0.25, -0.2) is 18.4 Å². The number of furan rings is 1.